The summed E-state index contributed by atoms with van der Waals surface area (Å²) in [5, 5.41) is 0. The summed E-state index contributed by atoms with van der Waals surface area (Å²) in [4.78, 5) is 35.9. The minimum Gasteiger partial charge on any atom is -0.462 e. The zero-order valence-corrected chi connectivity index (χ0v) is 18.3. The SMILES string of the molecule is CCC(=O)OC1CC(OC(=O)CC)CC(CCCCC(C)C)(OC(=O)CC)C1. The molecule has 0 bridgehead atoms. The third-order valence-electron chi connectivity index (χ3n) is 5.18. The van der Waals surface area contributed by atoms with Crippen molar-refractivity contribution in [1.82, 2.24) is 0 Å². The number of carbonyl (C=O) groups excluding carboxylic acids is 3. The molecule has 6 heteroatoms. The molecule has 1 aliphatic rings. The summed E-state index contributed by atoms with van der Waals surface area (Å²) in [5.74, 6) is -0.227. The van der Waals surface area contributed by atoms with Crippen LogP contribution in [0.1, 0.15) is 98.8 Å². The van der Waals surface area contributed by atoms with Crippen LogP contribution in [0.3, 0.4) is 0 Å². The van der Waals surface area contributed by atoms with Gasteiger partial charge in [-0.15, -0.1) is 0 Å². The number of hydrogen-bond acceptors (Lipinski definition) is 6. The van der Waals surface area contributed by atoms with Crippen LogP contribution in [-0.4, -0.2) is 35.7 Å². The van der Waals surface area contributed by atoms with E-state index in [1.807, 2.05) is 0 Å². The predicted octanol–water partition coefficient (Wildman–Crippen LogP) is 4.72. The summed E-state index contributed by atoms with van der Waals surface area (Å²) in [6.07, 6.45) is 5.17. The summed E-state index contributed by atoms with van der Waals surface area (Å²) in [5.41, 5.74) is -0.750. The number of esters is 3. The predicted molar refractivity (Wildman–Crippen MR) is 107 cm³/mol. The third-order valence-corrected chi connectivity index (χ3v) is 5.18. The third kappa shape index (κ3) is 8.61. The Hall–Kier alpha value is -1.59. The maximum atomic E-state index is 12.2. The van der Waals surface area contributed by atoms with E-state index in [-0.39, 0.29) is 37.2 Å². The van der Waals surface area contributed by atoms with Crippen LogP contribution in [-0.2, 0) is 28.6 Å². The van der Waals surface area contributed by atoms with Gasteiger partial charge in [-0.05, 0) is 18.8 Å². The molecule has 28 heavy (non-hydrogen) atoms. The maximum absolute atomic E-state index is 12.2. The van der Waals surface area contributed by atoms with E-state index >= 15 is 0 Å². The molecule has 0 amide bonds. The number of unbranched alkanes of at least 4 members (excludes halogenated alkanes) is 1. The molecule has 1 aliphatic carbocycles. The van der Waals surface area contributed by atoms with Crippen LogP contribution in [0.2, 0.25) is 0 Å². The van der Waals surface area contributed by atoms with Gasteiger partial charge in [0.2, 0.25) is 0 Å². The molecule has 0 N–H and O–H groups in total. The number of rotatable bonds is 11. The molecule has 0 heterocycles. The van der Waals surface area contributed by atoms with Gasteiger partial charge in [0.1, 0.15) is 17.8 Å². The van der Waals surface area contributed by atoms with Crippen LogP contribution in [0, 0.1) is 5.92 Å². The Morgan fingerprint density at radius 3 is 1.79 bits per heavy atom. The van der Waals surface area contributed by atoms with Gasteiger partial charge in [-0.3, -0.25) is 14.4 Å². The fourth-order valence-electron chi connectivity index (χ4n) is 3.74. The van der Waals surface area contributed by atoms with Crippen LogP contribution in [0.15, 0.2) is 0 Å². The number of hydrogen-bond donors (Lipinski definition) is 0. The van der Waals surface area contributed by atoms with Gasteiger partial charge in [0.15, 0.2) is 0 Å². The van der Waals surface area contributed by atoms with Crippen molar-refractivity contribution in [1.29, 1.82) is 0 Å². The van der Waals surface area contributed by atoms with Gasteiger partial charge < -0.3 is 14.2 Å². The Morgan fingerprint density at radius 1 is 0.857 bits per heavy atom. The molecule has 6 nitrogen and oxygen atoms in total. The van der Waals surface area contributed by atoms with Crippen molar-refractivity contribution in [2.45, 2.75) is 117 Å². The van der Waals surface area contributed by atoms with Crippen LogP contribution < -0.4 is 0 Å². The summed E-state index contributed by atoms with van der Waals surface area (Å²) < 4.78 is 17.1. The second-order valence-electron chi connectivity index (χ2n) is 8.23. The normalized spacial score (nSPS) is 24.6. The lowest BCUT2D eigenvalue weighted by Crippen LogP contribution is -2.49. The van der Waals surface area contributed by atoms with Crippen LogP contribution in [0.5, 0.6) is 0 Å². The monoisotopic (exact) mass is 398 g/mol. The van der Waals surface area contributed by atoms with Gasteiger partial charge in [0, 0.05) is 38.5 Å². The van der Waals surface area contributed by atoms with Crippen molar-refractivity contribution in [2.75, 3.05) is 0 Å². The minimum absolute atomic E-state index is 0.271. The molecule has 1 fully saturated rings. The first-order chi connectivity index (χ1) is 13.2. The Bertz CT molecular complexity index is 487. The van der Waals surface area contributed by atoms with Crippen molar-refractivity contribution >= 4 is 17.9 Å². The van der Waals surface area contributed by atoms with Gasteiger partial charge in [-0.1, -0.05) is 47.5 Å². The van der Waals surface area contributed by atoms with E-state index in [0.29, 0.717) is 31.6 Å². The highest BCUT2D eigenvalue weighted by atomic mass is 16.6. The molecular weight excluding hydrogens is 360 g/mol. The summed E-state index contributed by atoms with van der Waals surface area (Å²) in [6.45, 7) is 9.63. The van der Waals surface area contributed by atoms with E-state index in [1.54, 1.807) is 20.8 Å². The molecule has 0 aromatic carbocycles. The molecule has 162 valence electrons. The highest BCUT2D eigenvalue weighted by Crippen LogP contribution is 2.39. The van der Waals surface area contributed by atoms with Gasteiger partial charge in [0.05, 0.1) is 0 Å². The van der Waals surface area contributed by atoms with Crippen molar-refractivity contribution in [3.63, 3.8) is 0 Å². The van der Waals surface area contributed by atoms with Crippen LogP contribution in [0.4, 0.5) is 0 Å². The van der Waals surface area contributed by atoms with E-state index in [9.17, 15) is 14.4 Å². The highest BCUT2D eigenvalue weighted by molar-refractivity contribution is 5.70. The molecule has 0 aliphatic heterocycles. The molecule has 2 unspecified atom stereocenters. The minimum atomic E-state index is -0.750. The van der Waals surface area contributed by atoms with Gasteiger partial charge in [0.25, 0.3) is 0 Å². The highest BCUT2D eigenvalue weighted by Gasteiger charge is 2.45. The molecule has 0 saturated heterocycles. The second-order valence-corrected chi connectivity index (χ2v) is 8.23. The maximum Gasteiger partial charge on any atom is 0.306 e. The Labute approximate surface area is 169 Å². The van der Waals surface area contributed by atoms with Gasteiger partial charge in [-0.2, -0.15) is 0 Å². The van der Waals surface area contributed by atoms with E-state index in [1.165, 1.54) is 0 Å². The van der Waals surface area contributed by atoms with E-state index in [2.05, 4.69) is 13.8 Å². The van der Waals surface area contributed by atoms with E-state index in [0.717, 1.165) is 19.3 Å². The van der Waals surface area contributed by atoms with Crippen molar-refractivity contribution < 1.29 is 28.6 Å². The molecule has 2 atom stereocenters. The largest absolute Gasteiger partial charge is 0.462 e. The fourth-order valence-corrected chi connectivity index (χ4v) is 3.74. The van der Waals surface area contributed by atoms with E-state index in [4.69, 9.17) is 14.2 Å². The van der Waals surface area contributed by atoms with E-state index < -0.39 is 17.8 Å². The second kappa shape index (κ2) is 12.1. The Morgan fingerprint density at radius 2 is 1.36 bits per heavy atom. The molecule has 1 rings (SSSR count). The average molecular weight is 399 g/mol. The fraction of sp³-hybridized carbons (Fsp3) is 0.864. The Balaban J connectivity index is 2.98. The first-order valence-corrected chi connectivity index (χ1v) is 10.8. The smallest absolute Gasteiger partial charge is 0.306 e. The zero-order valence-electron chi connectivity index (χ0n) is 18.3. The lowest BCUT2D eigenvalue weighted by Gasteiger charge is -2.43. The summed E-state index contributed by atoms with van der Waals surface area (Å²) >= 11 is 0. The molecule has 0 aromatic rings. The molecule has 0 spiro atoms. The van der Waals surface area contributed by atoms with Crippen molar-refractivity contribution in [2.24, 2.45) is 5.92 Å². The van der Waals surface area contributed by atoms with Crippen molar-refractivity contribution in [3.8, 4) is 0 Å². The average Bonchev–Trinajstić information content (AvgIpc) is 2.64. The first kappa shape index (κ1) is 24.4. The lowest BCUT2D eigenvalue weighted by molar-refractivity contribution is -0.186. The standard InChI is InChI=1S/C22H38O6/c1-6-19(23)26-17-13-18(27-20(24)7-2)15-22(14-17,28-21(25)8-3)12-10-9-11-16(4)5/h16-18H,6-15H2,1-5H3. The molecule has 1 saturated carbocycles. The van der Waals surface area contributed by atoms with Gasteiger partial charge >= 0.3 is 17.9 Å². The quantitative estimate of drug-likeness (QED) is 0.285. The molecule has 0 radical (unpaired) electrons. The summed E-state index contributed by atoms with van der Waals surface area (Å²) in [7, 11) is 0. The number of ether oxygens (including phenoxy) is 3. The lowest BCUT2D eigenvalue weighted by atomic mass is 9.77. The van der Waals surface area contributed by atoms with Crippen LogP contribution in [0.25, 0.3) is 0 Å². The number of carbonyl (C=O) groups is 3. The topological polar surface area (TPSA) is 78.9 Å². The summed E-state index contributed by atoms with van der Waals surface area (Å²) in [6, 6.07) is 0. The Kier molecular flexibility index (Phi) is 10.5. The van der Waals surface area contributed by atoms with Crippen molar-refractivity contribution in [3.05, 3.63) is 0 Å². The van der Waals surface area contributed by atoms with Crippen LogP contribution >= 0.6 is 0 Å². The zero-order chi connectivity index (χ0) is 21.2. The van der Waals surface area contributed by atoms with Gasteiger partial charge in [-0.25, -0.2) is 0 Å². The molecular formula is C22H38O6. The molecule has 0 aromatic heterocycles. The first-order valence-electron chi connectivity index (χ1n) is 10.8.